The highest BCUT2D eigenvalue weighted by Crippen LogP contribution is 2.22. The number of benzene rings is 1. The highest BCUT2D eigenvalue weighted by molar-refractivity contribution is 5.97. The number of aromatic hydroxyl groups is 2. The van der Waals surface area contributed by atoms with Crippen LogP contribution in [-0.2, 0) is 0 Å². The lowest BCUT2D eigenvalue weighted by Gasteiger charge is -2.16. The molecule has 4 heteroatoms. The molecule has 0 saturated carbocycles. The lowest BCUT2D eigenvalue weighted by atomic mass is 10.0. The first-order valence-corrected chi connectivity index (χ1v) is 5.73. The van der Waals surface area contributed by atoms with Gasteiger partial charge in [0.1, 0.15) is 11.5 Å². The van der Waals surface area contributed by atoms with Crippen LogP contribution in [0.25, 0.3) is 0 Å². The Morgan fingerprint density at radius 2 is 1.94 bits per heavy atom. The van der Waals surface area contributed by atoms with E-state index in [1.807, 2.05) is 6.92 Å². The van der Waals surface area contributed by atoms with E-state index in [1.54, 1.807) is 0 Å². The quantitative estimate of drug-likeness (QED) is 0.703. The summed E-state index contributed by atoms with van der Waals surface area (Å²) in [5.74, 6) is -0.0452. The van der Waals surface area contributed by atoms with Crippen molar-refractivity contribution in [1.82, 2.24) is 5.32 Å². The number of hydrogen-bond donors (Lipinski definition) is 3. The van der Waals surface area contributed by atoms with E-state index in [0.29, 0.717) is 5.92 Å². The predicted octanol–water partition coefficient (Wildman–Crippen LogP) is 2.26. The Morgan fingerprint density at radius 3 is 2.53 bits per heavy atom. The molecule has 0 aliphatic rings. The van der Waals surface area contributed by atoms with Gasteiger partial charge in [-0.15, -0.1) is 0 Å². The number of phenolic OH excluding ortho intramolecular Hbond substituents is 2. The molecule has 0 aromatic heterocycles. The van der Waals surface area contributed by atoms with Crippen molar-refractivity contribution in [3.63, 3.8) is 0 Å². The molecular weight excluding hydrogens is 218 g/mol. The Hall–Kier alpha value is -1.71. The van der Waals surface area contributed by atoms with Gasteiger partial charge in [0.15, 0.2) is 0 Å². The monoisotopic (exact) mass is 237 g/mol. The van der Waals surface area contributed by atoms with Crippen LogP contribution in [0.1, 0.15) is 37.6 Å². The zero-order valence-corrected chi connectivity index (χ0v) is 10.4. The summed E-state index contributed by atoms with van der Waals surface area (Å²) in [6.45, 7) is 6.07. The molecule has 0 aliphatic carbocycles. The van der Waals surface area contributed by atoms with Crippen molar-refractivity contribution in [2.75, 3.05) is 0 Å². The summed E-state index contributed by atoms with van der Waals surface area (Å²) in [7, 11) is 0. The molecule has 0 saturated heterocycles. The molecule has 1 amide bonds. The predicted molar refractivity (Wildman–Crippen MR) is 66.2 cm³/mol. The van der Waals surface area contributed by atoms with E-state index in [0.717, 1.165) is 6.42 Å². The van der Waals surface area contributed by atoms with Crippen LogP contribution in [-0.4, -0.2) is 22.2 Å². The van der Waals surface area contributed by atoms with E-state index < -0.39 is 0 Å². The van der Waals surface area contributed by atoms with Gasteiger partial charge in [0.05, 0.1) is 5.56 Å². The van der Waals surface area contributed by atoms with Crippen molar-refractivity contribution in [1.29, 1.82) is 0 Å². The van der Waals surface area contributed by atoms with Gasteiger partial charge in [0, 0.05) is 6.04 Å². The third-order valence-electron chi connectivity index (χ3n) is 2.43. The SMILES string of the molecule is CC(C)CC(C)NC(=O)c1cc(O)ccc1O. The van der Waals surface area contributed by atoms with Gasteiger partial charge >= 0.3 is 0 Å². The minimum atomic E-state index is -0.369. The van der Waals surface area contributed by atoms with Gasteiger partial charge in [-0.3, -0.25) is 4.79 Å². The van der Waals surface area contributed by atoms with Gasteiger partial charge in [0.25, 0.3) is 5.91 Å². The third-order valence-corrected chi connectivity index (χ3v) is 2.43. The average Bonchev–Trinajstić information content (AvgIpc) is 2.20. The van der Waals surface area contributed by atoms with Gasteiger partial charge < -0.3 is 15.5 Å². The maximum absolute atomic E-state index is 11.8. The summed E-state index contributed by atoms with van der Waals surface area (Å²) in [4.78, 5) is 11.8. The first-order chi connectivity index (χ1) is 7.90. The van der Waals surface area contributed by atoms with Crippen molar-refractivity contribution in [3.05, 3.63) is 23.8 Å². The van der Waals surface area contributed by atoms with Crippen LogP contribution < -0.4 is 5.32 Å². The van der Waals surface area contributed by atoms with Gasteiger partial charge in [-0.25, -0.2) is 0 Å². The maximum atomic E-state index is 11.8. The first-order valence-electron chi connectivity index (χ1n) is 5.73. The summed E-state index contributed by atoms with van der Waals surface area (Å²) >= 11 is 0. The molecule has 1 atom stereocenters. The summed E-state index contributed by atoms with van der Waals surface area (Å²) in [6.07, 6.45) is 0.866. The summed E-state index contributed by atoms with van der Waals surface area (Å²) in [5, 5.41) is 21.6. The molecule has 1 unspecified atom stereocenters. The Morgan fingerprint density at radius 1 is 1.29 bits per heavy atom. The highest BCUT2D eigenvalue weighted by atomic mass is 16.3. The zero-order valence-electron chi connectivity index (χ0n) is 10.4. The van der Waals surface area contributed by atoms with Crippen LogP contribution in [0.2, 0.25) is 0 Å². The Labute approximate surface area is 101 Å². The van der Waals surface area contributed by atoms with Gasteiger partial charge in [0.2, 0.25) is 0 Å². The minimum absolute atomic E-state index is 0.0317. The summed E-state index contributed by atoms with van der Waals surface area (Å²) in [5.41, 5.74) is 0.0978. The van der Waals surface area contributed by atoms with Crippen molar-refractivity contribution < 1.29 is 15.0 Å². The molecule has 0 heterocycles. The van der Waals surface area contributed by atoms with Crippen LogP contribution in [0, 0.1) is 5.92 Å². The fraction of sp³-hybridized carbons (Fsp3) is 0.462. The molecular formula is C13H19NO3. The number of carbonyl (C=O) groups is 1. The number of carbonyl (C=O) groups excluding carboxylic acids is 1. The van der Waals surface area contributed by atoms with E-state index >= 15 is 0 Å². The molecule has 0 spiro atoms. The normalized spacial score (nSPS) is 12.5. The van der Waals surface area contributed by atoms with Crippen molar-refractivity contribution in [2.45, 2.75) is 33.2 Å². The number of amides is 1. The Bertz CT molecular complexity index is 402. The third kappa shape index (κ3) is 3.98. The van der Waals surface area contributed by atoms with Crippen LogP contribution in [0.5, 0.6) is 11.5 Å². The highest BCUT2D eigenvalue weighted by Gasteiger charge is 2.14. The van der Waals surface area contributed by atoms with Gasteiger partial charge in [-0.1, -0.05) is 13.8 Å². The molecule has 0 bridgehead atoms. The molecule has 17 heavy (non-hydrogen) atoms. The smallest absolute Gasteiger partial charge is 0.255 e. The molecule has 3 N–H and O–H groups in total. The van der Waals surface area contributed by atoms with E-state index in [2.05, 4.69) is 19.2 Å². The van der Waals surface area contributed by atoms with Crippen molar-refractivity contribution >= 4 is 5.91 Å². The molecule has 0 fully saturated rings. The summed E-state index contributed by atoms with van der Waals surface area (Å²) < 4.78 is 0. The fourth-order valence-electron chi connectivity index (χ4n) is 1.77. The summed E-state index contributed by atoms with van der Waals surface area (Å²) in [6, 6.07) is 3.93. The largest absolute Gasteiger partial charge is 0.508 e. The van der Waals surface area contributed by atoms with E-state index in [9.17, 15) is 15.0 Å². The lowest BCUT2D eigenvalue weighted by Crippen LogP contribution is -2.33. The topological polar surface area (TPSA) is 69.6 Å². The number of nitrogens with one attached hydrogen (secondary N) is 1. The lowest BCUT2D eigenvalue weighted by molar-refractivity contribution is 0.0933. The van der Waals surface area contributed by atoms with E-state index in [4.69, 9.17) is 0 Å². The molecule has 94 valence electrons. The van der Waals surface area contributed by atoms with Crippen LogP contribution in [0.4, 0.5) is 0 Å². The van der Waals surface area contributed by atoms with Crippen molar-refractivity contribution in [3.8, 4) is 11.5 Å². The molecule has 1 aromatic rings. The fourth-order valence-corrected chi connectivity index (χ4v) is 1.77. The molecule has 4 nitrogen and oxygen atoms in total. The Balaban J connectivity index is 2.73. The molecule has 1 rings (SSSR count). The van der Waals surface area contributed by atoms with Crippen molar-refractivity contribution in [2.24, 2.45) is 5.92 Å². The van der Waals surface area contributed by atoms with Crippen LogP contribution >= 0.6 is 0 Å². The standard InChI is InChI=1S/C13H19NO3/c1-8(2)6-9(3)14-13(17)11-7-10(15)4-5-12(11)16/h4-5,7-9,15-16H,6H2,1-3H3,(H,14,17). The second-order valence-electron chi connectivity index (χ2n) is 4.71. The van der Waals surface area contributed by atoms with Crippen LogP contribution in [0.15, 0.2) is 18.2 Å². The number of hydrogen-bond acceptors (Lipinski definition) is 3. The van der Waals surface area contributed by atoms with E-state index in [-0.39, 0.29) is 29.0 Å². The van der Waals surface area contributed by atoms with Gasteiger partial charge in [-0.2, -0.15) is 0 Å². The Kier molecular flexibility index (Phi) is 4.37. The number of rotatable bonds is 4. The molecule has 0 aliphatic heterocycles. The molecule has 1 aromatic carbocycles. The first kappa shape index (κ1) is 13.4. The zero-order chi connectivity index (χ0) is 13.0. The molecule has 0 radical (unpaired) electrons. The second kappa shape index (κ2) is 5.57. The van der Waals surface area contributed by atoms with E-state index in [1.165, 1.54) is 18.2 Å². The van der Waals surface area contributed by atoms with Gasteiger partial charge in [-0.05, 0) is 37.5 Å². The average molecular weight is 237 g/mol. The minimum Gasteiger partial charge on any atom is -0.508 e. The maximum Gasteiger partial charge on any atom is 0.255 e. The number of phenols is 2. The van der Waals surface area contributed by atoms with Crippen LogP contribution in [0.3, 0.4) is 0 Å². The second-order valence-corrected chi connectivity index (χ2v) is 4.71.